The molecule has 0 spiro atoms. The van der Waals surface area contributed by atoms with Crippen LogP contribution in [-0.4, -0.2) is 37.0 Å². The SMILES string of the molecule is Cc1ccc(NC(N)=NCC2CCN(CCC(C)C)CC2)cc1. The third-order valence-electron chi connectivity index (χ3n) is 4.57. The van der Waals surface area contributed by atoms with E-state index in [0.717, 1.165) is 18.2 Å². The minimum atomic E-state index is 0.524. The molecular formula is C19H32N4. The highest BCUT2D eigenvalue weighted by atomic mass is 15.1. The van der Waals surface area contributed by atoms with Gasteiger partial charge in [0, 0.05) is 12.2 Å². The second-order valence-corrected chi connectivity index (χ2v) is 7.18. The fourth-order valence-electron chi connectivity index (χ4n) is 2.89. The molecule has 2 rings (SSSR count). The van der Waals surface area contributed by atoms with Gasteiger partial charge in [-0.2, -0.15) is 0 Å². The molecule has 23 heavy (non-hydrogen) atoms. The van der Waals surface area contributed by atoms with Crippen LogP contribution in [0.5, 0.6) is 0 Å². The lowest BCUT2D eigenvalue weighted by Gasteiger charge is -2.31. The number of hydrogen-bond acceptors (Lipinski definition) is 2. The molecule has 0 unspecified atom stereocenters. The van der Waals surface area contributed by atoms with Crippen molar-refractivity contribution < 1.29 is 0 Å². The van der Waals surface area contributed by atoms with Gasteiger partial charge in [0.05, 0.1) is 0 Å². The van der Waals surface area contributed by atoms with Crippen molar-refractivity contribution in [2.45, 2.75) is 40.0 Å². The van der Waals surface area contributed by atoms with Crippen molar-refractivity contribution in [2.75, 3.05) is 31.5 Å². The average Bonchev–Trinajstić information content (AvgIpc) is 2.54. The summed E-state index contributed by atoms with van der Waals surface area (Å²) < 4.78 is 0. The molecule has 4 nitrogen and oxygen atoms in total. The minimum Gasteiger partial charge on any atom is -0.370 e. The predicted octanol–water partition coefficient (Wildman–Crippen LogP) is 3.48. The summed E-state index contributed by atoms with van der Waals surface area (Å²) >= 11 is 0. The van der Waals surface area contributed by atoms with Gasteiger partial charge in [0.1, 0.15) is 0 Å². The lowest BCUT2D eigenvalue weighted by Crippen LogP contribution is -2.36. The zero-order chi connectivity index (χ0) is 16.7. The van der Waals surface area contributed by atoms with Crippen LogP contribution in [0.25, 0.3) is 0 Å². The molecule has 0 amide bonds. The third-order valence-corrected chi connectivity index (χ3v) is 4.57. The van der Waals surface area contributed by atoms with Gasteiger partial charge in [-0.3, -0.25) is 4.99 Å². The van der Waals surface area contributed by atoms with E-state index < -0.39 is 0 Å². The highest BCUT2D eigenvalue weighted by Gasteiger charge is 2.18. The van der Waals surface area contributed by atoms with Crippen LogP contribution in [0.15, 0.2) is 29.3 Å². The van der Waals surface area contributed by atoms with Gasteiger partial charge in [0.15, 0.2) is 5.96 Å². The number of aliphatic imine (C=N–C) groups is 1. The molecule has 0 atom stereocenters. The number of piperidine rings is 1. The number of nitrogens with one attached hydrogen (secondary N) is 1. The van der Waals surface area contributed by atoms with E-state index in [-0.39, 0.29) is 0 Å². The number of nitrogens with zero attached hydrogens (tertiary/aromatic N) is 2. The topological polar surface area (TPSA) is 53.6 Å². The van der Waals surface area contributed by atoms with Crippen molar-refractivity contribution >= 4 is 11.6 Å². The first-order chi connectivity index (χ1) is 11.0. The number of anilines is 1. The van der Waals surface area contributed by atoms with E-state index in [4.69, 9.17) is 5.73 Å². The molecule has 1 aromatic carbocycles. The Kier molecular flexibility index (Phi) is 6.90. The first kappa shape index (κ1) is 17.8. The van der Waals surface area contributed by atoms with Crippen LogP contribution < -0.4 is 11.1 Å². The molecule has 0 bridgehead atoms. The van der Waals surface area contributed by atoms with Crippen molar-refractivity contribution in [2.24, 2.45) is 22.6 Å². The monoisotopic (exact) mass is 316 g/mol. The Balaban J connectivity index is 1.70. The quantitative estimate of drug-likeness (QED) is 0.624. The lowest BCUT2D eigenvalue weighted by molar-refractivity contribution is 0.180. The summed E-state index contributed by atoms with van der Waals surface area (Å²) in [7, 11) is 0. The molecule has 0 aliphatic carbocycles. The maximum atomic E-state index is 6.00. The van der Waals surface area contributed by atoms with Gasteiger partial charge in [-0.25, -0.2) is 0 Å². The van der Waals surface area contributed by atoms with Crippen LogP contribution in [0.2, 0.25) is 0 Å². The molecule has 0 radical (unpaired) electrons. The number of nitrogens with two attached hydrogens (primary N) is 1. The fraction of sp³-hybridized carbons (Fsp3) is 0.632. The smallest absolute Gasteiger partial charge is 0.193 e. The molecule has 1 aliphatic rings. The lowest BCUT2D eigenvalue weighted by atomic mass is 9.96. The normalized spacial score (nSPS) is 17.7. The Morgan fingerprint density at radius 1 is 1.26 bits per heavy atom. The molecule has 1 saturated heterocycles. The summed E-state index contributed by atoms with van der Waals surface area (Å²) in [6.45, 7) is 11.2. The summed E-state index contributed by atoms with van der Waals surface area (Å²) in [6, 6.07) is 8.21. The van der Waals surface area contributed by atoms with Crippen molar-refractivity contribution in [3.63, 3.8) is 0 Å². The van der Waals surface area contributed by atoms with Gasteiger partial charge in [-0.15, -0.1) is 0 Å². The van der Waals surface area contributed by atoms with Crippen LogP contribution in [0.3, 0.4) is 0 Å². The Morgan fingerprint density at radius 3 is 2.52 bits per heavy atom. The van der Waals surface area contributed by atoms with Crippen LogP contribution in [0.4, 0.5) is 5.69 Å². The highest BCUT2D eigenvalue weighted by molar-refractivity contribution is 5.92. The first-order valence-corrected chi connectivity index (χ1v) is 8.89. The van der Waals surface area contributed by atoms with Crippen molar-refractivity contribution in [1.29, 1.82) is 0 Å². The van der Waals surface area contributed by atoms with E-state index in [2.05, 4.69) is 48.1 Å². The maximum absolute atomic E-state index is 6.00. The zero-order valence-corrected chi connectivity index (χ0v) is 14.9. The summed E-state index contributed by atoms with van der Waals surface area (Å²) in [6.07, 6.45) is 3.77. The predicted molar refractivity (Wildman–Crippen MR) is 99.9 cm³/mol. The number of rotatable bonds is 6. The summed E-state index contributed by atoms with van der Waals surface area (Å²) in [4.78, 5) is 7.12. The Bertz CT molecular complexity index is 485. The molecule has 128 valence electrons. The number of hydrogen-bond donors (Lipinski definition) is 2. The van der Waals surface area contributed by atoms with Crippen LogP contribution >= 0.6 is 0 Å². The van der Waals surface area contributed by atoms with Gasteiger partial charge < -0.3 is 16.0 Å². The van der Waals surface area contributed by atoms with E-state index >= 15 is 0 Å². The molecule has 1 aromatic rings. The summed E-state index contributed by atoms with van der Waals surface area (Å²) in [5.74, 6) is 1.99. The van der Waals surface area contributed by atoms with Crippen molar-refractivity contribution in [1.82, 2.24) is 4.90 Å². The van der Waals surface area contributed by atoms with E-state index in [9.17, 15) is 0 Å². The summed E-state index contributed by atoms with van der Waals surface area (Å²) in [5, 5.41) is 3.17. The van der Waals surface area contributed by atoms with E-state index in [1.165, 1.54) is 44.5 Å². The minimum absolute atomic E-state index is 0.524. The van der Waals surface area contributed by atoms with Gasteiger partial charge in [-0.1, -0.05) is 31.5 Å². The molecule has 1 heterocycles. The van der Waals surface area contributed by atoms with E-state index in [0.29, 0.717) is 11.9 Å². The fourth-order valence-corrected chi connectivity index (χ4v) is 2.89. The Morgan fingerprint density at radius 2 is 1.91 bits per heavy atom. The average molecular weight is 316 g/mol. The standard InChI is InChI=1S/C19H32N4/c1-15(2)8-11-23-12-9-17(10-13-23)14-21-19(20)22-18-6-4-16(3)5-7-18/h4-7,15,17H,8-14H2,1-3H3,(H3,20,21,22). The van der Waals surface area contributed by atoms with Gasteiger partial charge >= 0.3 is 0 Å². The van der Waals surface area contributed by atoms with Crippen LogP contribution in [0, 0.1) is 18.8 Å². The third kappa shape index (κ3) is 6.61. The first-order valence-electron chi connectivity index (χ1n) is 8.89. The zero-order valence-electron chi connectivity index (χ0n) is 14.9. The van der Waals surface area contributed by atoms with Crippen LogP contribution in [0.1, 0.15) is 38.7 Å². The van der Waals surface area contributed by atoms with E-state index in [1.807, 2.05) is 12.1 Å². The van der Waals surface area contributed by atoms with Crippen molar-refractivity contribution in [3.8, 4) is 0 Å². The molecule has 1 aliphatic heterocycles. The number of aryl methyl sites for hydroxylation is 1. The molecule has 1 fully saturated rings. The van der Waals surface area contributed by atoms with Crippen molar-refractivity contribution in [3.05, 3.63) is 29.8 Å². The van der Waals surface area contributed by atoms with E-state index in [1.54, 1.807) is 0 Å². The van der Waals surface area contributed by atoms with Gasteiger partial charge in [0.25, 0.3) is 0 Å². The van der Waals surface area contributed by atoms with Gasteiger partial charge in [0.2, 0.25) is 0 Å². The van der Waals surface area contributed by atoms with Crippen LogP contribution in [-0.2, 0) is 0 Å². The second-order valence-electron chi connectivity index (χ2n) is 7.18. The number of guanidine groups is 1. The number of benzene rings is 1. The summed E-state index contributed by atoms with van der Waals surface area (Å²) in [5.41, 5.74) is 8.24. The molecule has 0 aromatic heterocycles. The molecule has 0 saturated carbocycles. The second kappa shape index (κ2) is 8.92. The Hall–Kier alpha value is -1.55. The maximum Gasteiger partial charge on any atom is 0.193 e. The molecule has 3 N–H and O–H groups in total. The molecular weight excluding hydrogens is 284 g/mol. The molecule has 4 heteroatoms. The number of likely N-dealkylation sites (tertiary alicyclic amines) is 1. The largest absolute Gasteiger partial charge is 0.370 e. The highest BCUT2D eigenvalue weighted by Crippen LogP contribution is 2.18. The Labute approximate surface area is 141 Å². The van der Waals surface area contributed by atoms with Gasteiger partial charge in [-0.05, 0) is 69.8 Å².